The number of carbonyl (C=O) groups excluding carboxylic acids is 2. The molecule has 1 heterocycles. The normalized spacial score (nSPS) is 20.7. The van der Waals surface area contributed by atoms with Gasteiger partial charge in [0.15, 0.2) is 0 Å². The predicted molar refractivity (Wildman–Crippen MR) is 96.3 cm³/mol. The van der Waals surface area contributed by atoms with E-state index in [9.17, 15) is 14.9 Å². The van der Waals surface area contributed by atoms with Gasteiger partial charge < -0.3 is 10.1 Å². The van der Waals surface area contributed by atoms with Crippen molar-refractivity contribution in [3.05, 3.63) is 44.0 Å². The van der Waals surface area contributed by atoms with E-state index in [0.29, 0.717) is 10.6 Å². The Hall–Kier alpha value is -1.53. The Balaban J connectivity index is 2.64. The second kappa shape index (κ2) is 7.84. The number of nitrogens with one attached hydrogen (secondary N) is 1. The molecule has 0 radical (unpaired) electrons. The lowest BCUT2D eigenvalue weighted by molar-refractivity contribution is -0.152. The fourth-order valence-corrected chi connectivity index (χ4v) is 3.85. The molecule has 5 nitrogen and oxygen atoms in total. The molecule has 7 heteroatoms. The molecule has 0 aliphatic carbocycles. The van der Waals surface area contributed by atoms with Crippen LogP contribution in [0.2, 0.25) is 0 Å². The smallest absolute Gasteiger partial charge is 0.319 e. The molecular formula is C16H15IN2O3S. The van der Waals surface area contributed by atoms with Crippen LogP contribution in [-0.4, -0.2) is 24.7 Å². The summed E-state index contributed by atoms with van der Waals surface area (Å²) in [5.74, 6) is -2.74. The maximum atomic E-state index is 12.5. The molecule has 1 aliphatic heterocycles. The van der Waals surface area contributed by atoms with Crippen LogP contribution in [-0.2, 0) is 14.3 Å². The number of carbonyl (C=O) groups is 2. The number of halogens is 1. The van der Waals surface area contributed by atoms with E-state index in [-0.39, 0.29) is 6.61 Å². The third-order valence-corrected chi connectivity index (χ3v) is 5.23. The van der Waals surface area contributed by atoms with Gasteiger partial charge in [-0.2, -0.15) is 5.26 Å². The SMILES string of the molecule is CCOC(=O)[C@@H]1C(=O)NC(SC)=C(C#N)[C@H]1c1ccccc1I. The fraction of sp³-hybridized carbons (Fsp3) is 0.312. The Kier molecular flexibility index (Phi) is 6.07. The highest BCUT2D eigenvalue weighted by atomic mass is 127. The first-order chi connectivity index (χ1) is 11.0. The molecule has 2 atom stereocenters. The van der Waals surface area contributed by atoms with Crippen LogP contribution in [0.15, 0.2) is 34.9 Å². The van der Waals surface area contributed by atoms with Gasteiger partial charge in [-0.1, -0.05) is 18.2 Å². The fourth-order valence-electron chi connectivity index (χ4n) is 2.54. The van der Waals surface area contributed by atoms with Crippen LogP contribution < -0.4 is 5.32 Å². The molecule has 2 rings (SSSR count). The summed E-state index contributed by atoms with van der Waals surface area (Å²) >= 11 is 3.43. The zero-order valence-electron chi connectivity index (χ0n) is 12.6. The zero-order chi connectivity index (χ0) is 17.0. The van der Waals surface area contributed by atoms with Crippen molar-refractivity contribution in [1.82, 2.24) is 5.32 Å². The number of hydrogen-bond acceptors (Lipinski definition) is 5. The minimum atomic E-state index is -1.06. The Morgan fingerprint density at radius 1 is 1.48 bits per heavy atom. The van der Waals surface area contributed by atoms with Gasteiger partial charge in [0.05, 0.1) is 23.3 Å². The molecule has 0 saturated carbocycles. The summed E-state index contributed by atoms with van der Waals surface area (Å²) in [5, 5.41) is 12.7. The second-order valence-corrected chi connectivity index (χ2v) is 6.76. The first-order valence-electron chi connectivity index (χ1n) is 6.95. The van der Waals surface area contributed by atoms with Gasteiger partial charge >= 0.3 is 5.97 Å². The van der Waals surface area contributed by atoms with Crippen LogP contribution in [0.25, 0.3) is 0 Å². The van der Waals surface area contributed by atoms with Gasteiger partial charge in [-0.05, 0) is 47.4 Å². The van der Waals surface area contributed by atoms with E-state index < -0.39 is 23.7 Å². The van der Waals surface area contributed by atoms with Crippen molar-refractivity contribution >= 4 is 46.2 Å². The lowest BCUT2D eigenvalue weighted by Gasteiger charge is -2.31. The minimum Gasteiger partial charge on any atom is -0.465 e. The van der Waals surface area contributed by atoms with E-state index in [0.717, 1.165) is 9.13 Å². The lowest BCUT2D eigenvalue weighted by Crippen LogP contribution is -2.44. The second-order valence-electron chi connectivity index (χ2n) is 4.78. The number of benzene rings is 1. The van der Waals surface area contributed by atoms with Gasteiger partial charge in [-0.15, -0.1) is 11.8 Å². The van der Waals surface area contributed by atoms with Crippen molar-refractivity contribution in [2.45, 2.75) is 12.8 Å². The molecule has 1 aliphatic rings. The van der Waals surface area contributed by atoms with Crippen molar-refractivity contribution < 1.29 is 14.3 Å². The number of hydrogen-bond donors (Lipinski definition) is 1. The third-order valence-electron chi connectivity index (χ3n) is 3.51. The summed E-state index contributed by atoms with van der Waals surface area (Å²) in [6, 6.07) is 9.60. The maximum Gasteiger partial charge on any atom is 0.319 e. The van der Waals surface area contributed by atoms with E-state index in [2.05, 4.69) is 34.0 Å². The Labute approximate surface area is 152 Å². The third kappa shape index (κ3) is 3.53. The first kappa shape index (κ1) is 17.8. The van der Waals surface area contributed by atoms with E-state index in [1.165, 1.54) is 11.8 Å². The summed E-state index contributed by atoms with van der Waals surface area (Å²) in [6.07, 6.45) is 1.78. The number of ether oxygens (including phenoxy) is 1. The van der Waals surface area contributed by atoms with Crippen LogP contribution in [0, 0.1) is 20.8 Å². The summed E-state index contributed by atoms with van der Waals surface area (Å²) in [5.41, 5.74) is 1.17. The van der Waals surface area contributed by atoms with Crippen molar-refractivity contribution in [2.24, 2.45) is 5.92 Å². The number of allylic oxidation sites excluding steroid dienone is 1. The van der Waals surface area contributed by atoms with Gasteiger partial charge in [0, 0.05) is 9.49 Å². The monoisotopic (exact) mass is 442 g/mol. The molecule has 0 aromatic heterocycles. The predicted octanol–water partition coefficient (Wildman–Crippen LogP) is 2.78. The summed E-state index contributed by atoms with van der Waals surface area (Å²) < 4.78 is 5.96. The van der Waals surface area contributed by atoms with Gasteiger partial charge in [-0.25, -0.2) is 0 Å². The molecule has 0 unspecified atom stereocenters. The van der Waals surface area contributed by atoms with E-state index in [1.807, 2.05) is 24.3 Å². The van der Waals surface area contributed by atoms with E-state index >= 15 is 0 Å². The molecule has 1 aromatic carbocycles. The van der Waals surface area contributed by atoms with Crippen molar-refractivity contribution in [1.29, 1.82) is 5.26 Å². The molecular weight excluding hydrogens is 427 g/mol. The maximum absolute atomic E-state index is 12.5. The number of thioether (sulfide) groups is 1. The van der Waals surface area contributed by atoms with Gasteiger partial charge in [-0.3, -0.25) is 9.59 Å². The number of rotatable bonds is 4. The van der Waals surface area contributed by atoms with Crippen LogP contribution in [0.5, 0.6) is 0 Å². The van der Waals surface area contributed by atoms with E-state index in [1.54, 1.807) is 13.2 Å². The molecule has 0 spiro atoms. The molecule has 1 amide bonds. The highest BCUT2D eigenvalue weighted by molar-refractivity contribution is 14.1. The molecule has 1 N–H and O–H groups in total. The van der Waals surface area contributed by atoms with Crippen molar-refractivity contribution in [3.63, 3.8) is 0 Å². The lowest BCUT2D eigenvalue weighted by atomic mass is 9.78. The summed E-state index contributed by atoms with van der Waals surface area (Å²) in [4.78, 5) is 24.8. The van der Waals surface area contributed by atoms with E-state index in [4.69, 9.17) is 4.74 Å². The standard InChI is InChI=1S/C16H15IN2O3S/c1-3-22-16(21)13-12(9-6-4-5-7-11(9)17)10(8-18)15(23-2)19-14(13)20/h4-7,12-13H,3H2,1-2H3,(H,19,20)/t12-,13+/m1/s1. The number of nitrogens with zero attached hydrogens (tertiary/aromatic N) is 1. The van der Waals surface area contributed by atoms with Gasteiger partial charge in [0.25, 0.3) is 0 Å². The molecule has 0 fully saturated rings. The Bertz CT molecular complexity index is 712. The topological polar surface area (TPSA) is 79.2 Å². The number of amides is 1. The first-order valence-corrected chi connectivity index (χ1v) is 9.25. The average molecular weight is 442 g/mol. The van der Waals surface area contributed by atoms with Crippen LogP contribution in [0.4, 0.5) is 0 Å². The highest BCUT2D eigenvalue weighted by Crippen LogP contribution is 2.41. The van der Waals surface area contributed by atoms with Crippen molar-refractivity contribution in [3.8, 4) is 6.07 Å². The van der Waals surface area contributed by atoms with Crippen LogP contribution in [0.3, 0.4) is 0 Å². The Morgan fingerprint density at radius 2 is 2.17 bits per heavy atom. The average Bonchev–Trinajstić information content (AvgIpc) is 2.54. The molecule has 0 saturated heterocycles. The van der Waals surface area contributed by atoms with Crippen LogP contribution >= 0.6 is 34.4 Å². The molecule has 120 valence electrons. The number of nitriles is 1. The van der Waals surface area contributed by atoms with Gasteiger partial charge in [0.2, 0.25) is 5.91 Å². The highest BCUT2D eigenvalue weighted by Gasteiger charge is 2.44. The number of esters is 1. The zero-order valence-corrected chi connectivity index (χ0v) is 15.6. The summed E-state index contributed by atoms with van der Waals surface area (Å²) in [6.45, 7) is 1.87. The summed E-state index contributed by atoms with van der Waals surface area (Å²) in [7, 11) is 0. The Morgan fingerprint density at radius 3 is 2.74 bits per heavy atom. The minimum absolute atomic E-state index is 0.183. The molecule has 23 heavy (non-hydrogen) atoms. The molecule has 0 bridgehead atoms. The largest absolute Gasteiger partial charge is 0.465 e. The van der Waals surface area contributed by atoms with Crippen molar-refractivity contribution in [2.75, 3.05) is 12.9 Å². The van der Waals surface area contributed by atoms with Crippen LogP contribution in [0.1, 0.15) is 18.4 Å². The van der Waals surface area contributed by atoms with Gasteiger partial charge in [0.1, 0.15) is 5.92 Å². The molecule has 1 aromatic rings. The quantitative estimate of drug-likeness (QED) is 0.441.